The van der Waals surface area contributed by atoms with Crippen LogP contribution in [0.2, 0.25) is 0 Å². The van der Waals surface area contributed by atoms with Crippen LogP contribution in [-0.4, -0.2) is 30.7 Å². The second kappa shape index (κ2) is 7.15. The number of urea groups is 1. The number of carbonyl (C=O) groups is 1. The topological polar surface area (TPSA) is 46.3 Å². The highest BCUT2D eigenvalue weighted by Gasteiger charge is 2.28. The van der Waals surface area contributed by atoms with Gasteiger partial charge >= 0.3 is 12.2 Å². The maximum Gasteiger partial charge on any atom is 0.389 e. The number of amides is 2. The van der Waals surface area contributed by atoms with E-state index in [0.29, 0.717) is 5.57 Å². The Labute approximate surface area is 122 Å². The third-order valence-electron chi connectivity index (χ3n) is 3.26. The van der Waals surface area contributed by atoms with Gasteiger partial charge in [0, 0.05) is 25.9 Å². The lowest BCUT2D eigenvalue weighted by Gasteiger charge is -2.25. The zero-order valence-electron chi connectivity index (χ0n) is 11.9. The van der Waals surface area contributed by atoms with E-state index in [9.17, 15) is 18.0 Å². The van der Waals surface area contributed by atoms with Gasteiger partial charge in [0.2, 0.25) is 0 Å². The van der Waals surface area contributed by atoms with Crippen molar-refractivity contribution in [2.75, 3.05) is 13.6 Å². The molecule has 1 aromatic carbocycles. The standard InChI is InChI=1S/C15H19F3N2O/c1-11(8-9-15(16,17)18)13(10-20(2)14(19)21)12-6-4-3-5-7-12/h3-7,13H,1,8-10H2,2H3,(H2,19,21). The molecule has 0 aromatic heterocycles. The van der Waals surface area contributed by atoms with Crippen molar-refractivity contribution in [1.82, 2.24) is 4.90 Å². The molecule has 0 bridgehead atoms. The Balaban J connectivity index is 2.86. The van der Waals surface area contributed by atoms with Crippen LogP contribution in [0, 0.1) is 0 Å². The zero-order valence-corrected chi connectivity index (χ0v) is 11.9. The minimum atomic E-state index is -4.22. The van der Waals surface area contributed by atoms with E-state index in [1.54, 1.807) is 24.3 Å². The molecule has 116 valence electrons. The van der Waals surface area contributed by atoms with Crippen LogP contribution in [0.3, 0.4) is 0 Å². The molecule has 6 heteroatoms. The third-order valence-corrected chi connectivity index (χ3v) is 3.26. The predicted octanol–water partition coefficient (Wildman–Crippen LogP) is 3.68. The van der Waals surface area contributed by atoms with Gasteiger partial charge in [-0.05, 0) is 12.0 Å². The van der Waals surface area contributed by atoms with Crippen LogP contribution in [0.25, 0.3) is 0 Å². The van der Waals surface area contributed by atoms with Crippen molar-refractivity contribution < 1.29 is 18.0 Å². The normalized spacial score (nSPS) is 12.8. The summed E-state index contributed by atoms with van der Waals surface area (Å²) in [5.41, 5.74) is 6.44. The largest absolute Gasteiger partial charge is 0.389 e. The number of likely N-dealkylation sites (N-methyl/N-ethyl adjacent to an activating group) is 1. The minimum Gasteiger partial charge on any atom is -0.351 e. The lowest BCUT2D eigenvalue weighted by molar-refractivity contribution is -0.134. The molecule has 3 nitrogen and oxygen atoms in total. The van der Waals surface area contributed by atoms with Gasteiger partial charge in [0.1, 0.15) is 0 Å². The van der Waals surface area contributed by atoms with Crippen molar-refractivity contribution in [2.24, 2.45) is 5.73 Å². The van der Waals surface area contributed by atoms with Gasteiger partial charge in [-0.25, -0.2) is 4.79 Å². The van der Waals surface area contributed by atoms with E-state index in [1.165, 1.54) is 11.9 Å². The summed E-state index contributed by atoms with van der Waals surface area (Å²) in [4.78, 5) is 12.4. The molecule has 0 heterocycles. The van der Waals surface area contributed by atoms with Crippen LogP contribution < -0.4 is 5.73 Å². The summed E-state index contributed by atoms with van der Waals surface area (Å²) in [6.45, 7) is 3.97. The molecular formula is C15H19F3N2O. The van der Waals surface area contributed by atoms with Gasteiger partial charge in [0.05, 0.1) is 0 Å². The number of rotatable bonds is 6. The van der Waals surface area contributed by atoms with Crippen LogP contribution in [-0.2, 0) is 0 Å². The molecule has 0 fully saturated rings. The Kier molecular flexibility index (Phi) is 5.81. The monoisotopic (exact) mass is 300 g/mol. The number of hydrogen-bond acceptors (Lipinski definition) is 1. The molecule has 0 aliphatic carbocycles. The smallest absolute Gasteiger partial charge is 0.351 e. The SMILES string of the molecule is C=C(CCC(F)(F)F)C(CN(C)C(N)=O)c1ccccc1. The number of benzene rings is 1. The first-order chi connectivity index (χ1) is 9.70. The summed E-state index contributed by atoms with van der Waals surface area (Å²) in [5, 5.41) is 0. The summed E-state index contributed by atoms with van der Waals surface area (Å²) in [5.74, 6) is -0.369. The van der Waals surface area contributed by atoms with Crippen LogP contribution >= 0.6 is 0 Å². The van der Waals surface area contributed by atoms with Crippen molar-refractivity contribution in [3.05, 3.63) is 48.0 Å². The van der Waals surface area contributed by atoms with Crippen molar-refractivity contribution in [3.63, 3.8) is 0 Å². The van der Waals surface area contributed by atoms with Crippen LogP contribution in [0.4, 0.5) is 18.0 Å². The number of nitrogens with zero attached hydrogens (tertiary/aromatic N) is 1. The van der Waals surface area contributed by atoms with Crippen molar-refractivity contribution in [3.8, 4) is 0 Å². The second-order valence-electron chi connectivity index (χ2n) is 4.96. The van der Waals surface area contributed by atoms with Gasteiger partial charge in [0.25, 0.3) is 0 Å². The highest BCUT2D eigenvalue weighted by Crippen LogP contribution is 2.31. The Bertz CT molecular complexity index is 485. The Morgan fingerprint density at radius 3 is 2.38 bits per heavy atom. The fourth-order valence-corrected chi connectivity index (χ4v) is 2.00. The van der Waals surface area contributed by atoms with Crippen molar-refractivity contribution in [2.45, 2.75) is 24.9 Å². The fourth-order valence-electron chi connectivity index (χ4n) is 2.00. The minimum absolute atomic E-state index is 0.171. The summed E-state index contributed by atoms with van der Waals surface area (Å²) in [6.07, 6.45) is -5.31. The Morgan fingerprint density at radius 1 is 1.33 bits per heavy atom. The molecule has 2 amide bonds. The molecule has 1 atom stereocenters. The van der Waals surface area contributed by atoms with Gasteiger partial charge in [-0.3, -0.25) is 0 Å². The molecule has 0 saturated heterocycles. The number of primary amides is 1. The molecule has 0 radical (unpaired) electrons. The average molecular weight is 300 g/mol. The van der Waals surface area contributed by atoms with Crippen molar-refractivity contribution >= 4 is 6.03 Å². The molecule has 0 aliphatic rings. The fraction of sp³-hybridized carbons (Fsp3) is 0.400. The van der Waals surface area contributed by atoms with E-state index in [0.717, 1.165) is 5.56 Å². The number of nitrogens with two attached hydrogens (primary N) is 1. The van der Waals surface area contributed by atoms with E-state index in [-0.39, 0.29) is 18.9 Å². The van der Waals surface area contributed by atoms with E-state index in [2.05, 4.69) is 6.58 Å². The lowest BCUT2D eigenvalue weighted by atomic mass is 9.89. The number of hydrogen-bond donors (Lipinski definition) is 1. The van der Waals surface area contributed by atoms with E-state index < -0.39 is 18.6 Å². The van der Waals surface area contributed by atoms with Gasteiger partial charge < -0.3 is 10.6 Å². The maximum absolute atomic E-state index is 12.3. The predicted molar refractivity (Wildman–Crippen MR) is 75.8 cm³/mol. The highest BCUT2D eigenvalue weighted by molar-refractivity contribution is 5.71. The molecule has 0 aliphatic heterocycles. The molecule has 21 heavy (non-hydrogen) atoms. The van der Waals surface area contributed by atoms with Gasteiger partial charge in [-0.2, -0.15) is 13.2 Å². The molecule has 2 N–H and O–H groups in total. The van der Waals surface area contributed by atoms with E-state index in [4.69, 9.17) is 5.73 Å². The molecule has 1 rings (SSSR count). The molecular weight excluding hydrogens is 281 g/mol. The van der Waals surface area contributed by atoms with Crippen LogP contribution in [0.5, 0.6) is 0 Å². The highest BCUT2D eigenvalue weighted by atomic mass is 19.4. The first-order valence-corrected chi connectivity index (χ1v) is 6.50. The summed E-state index contributed by atoms with van der Waals surface area (Å²) < 4.78 is 37.0. The lowest BCUT2D eigenvalue weighted by Crippen LogP contribution is -2.35. The third kappa shape index (κ3) is 5.89. The second-order valence-corrected chi connectivity index (χ2v) is 4.96. The first kappa shape index (κ1) is 17.1. The molecule has 0 saturated carbocycles. The molecule has 0 spiro atoms. The summed E-state index contributed by atoms with van der Waals surface area (Å²) in [6, 6.07) is 8.39. The first-order valence-electron chi connectivity index (χ1n) is 6.50. The molecule has 1 aromatic rings. The Morgan fingerprint density at radius 2 is 1.90 bits per heavy atom. The Hall–Kier alpha value is -1.98. The van der Waals surface area contributed by atoms with E-state index in [1.807, 2.05) is 6.07 Å². The van der Waals surface area contributed by atoms with Crippen LogP contribution in [0.1, 0.15) is 24.3 Å². The number of carbonyl (C=O) groups excluding carboxylic acids is 1. The average Bonchev–Trinajstić information content (AvgIpc) is 2.42. The van der Waals surface area contributed by atoms with Crippen LogP contribution in [0.15, 0.2) is 42.5 Å². The van der Waals surface area contributed by atoms with Crippen molar-refractivity contribution in [1.29, 1.82) is 0 Å². The van der Waals surface area contributed by atoms with Gasteiger partial charge in [-0.15, -0.1) is 0 Å². The maximum atomic E-state index is 12.3. The number of halogens is 3. The van der Waals surface area contributed by atoms with Gasteiger partial charge in [0.15, 0.2) is 0 Å². The summed E-state index contributed by atoms with van der Waals surface area (Å²) >= 11 is 0. The zero-order chi connectivity index (χ0) is 16.0. The quantitative estimate of drug-likeness (QED) is 0.800. The number of alkyl halides is 3. The molecule has 1 unspecified atom stereocenters. The van der Waals surface area contributed by atoms with Gasteiger partial charge in [-0.1, -0.05) is 42.5 Å². The summed E-state index contributed by atoms with van der Waals surface area (Å²) in [7, 11) is 1.51. The van der Waals surface area contributed by atoms with E-state index >= 15 is 0 Å².